The van der Waals surface area contributed by atoms with Crippen LogP contribution in [0, 0.1) is 6.92 Å². The standard InChI is InChI=1S/C35H39NO14/c1-12-8-15-10-19(37)35(49-7)31(43)22-17(30(42)34(35,45)23(15)26(40)21(12)33(44)48-6)11-16-20(25(22)39)13(2)9-18(24(16)38)36-32-29(47-5)27(41)28(46-4)14(3)50-32/h8-9,11,14,19,27-29,32-33,36-37,39-41,44-45H,2,10H2,1,3-7H3/t14-,19+,27+,28-,29+,32-,33?,34-,35+/m0/s1. The number of benzene rings is 2. The summed E-state index contributed by atoms with van der Waals surface area (Å²) in [6.07, 6.45) is -7.25. The summed E-state index contributed by atoms with van der Waals surface area (Å²) in [6, 6.07) is 2.45. The molecular weight excluding hydrogens is 658 g/mol. The van der Waals surface area contributed by atoms with E-state index in [1.54, 1.807) is 6.92 Å². The Labute approximate surface area is 286 Å². The number of aromatic hydroxyl groups is 2. The van der Waals surface area contributed by atoms with Crippen molar-refractivity contribution in [2.45, 2.75) is 74.5 Å². The van der Waals surface area contributed by atoms with Gasteiger partial charge in [0, 0.05) is 57.1 Å². The number of aryl methyl sites for hydroxylation is 1. The normalized spacial score (nSPS) is 32.5. The zero-order valence-corrected chi connectivity index (χ0v) is 28.1. The van der Waals surface area contributed by atoms with Gasteiger partial charge in [0.15, 0.2) is 23.7 Å². The van der Waals surface area contributed by atoms with Gasteiger partial charge in [-0.25, -0.2) is 0 Å². The molecule has 0 bridgehead atoms. The van der Waals surface area contributed by atoms with Crippen molar-refractivity contribution < 1.29 is 68.7 Å². The molecule has 9 atom stereocenters. The summed E-state index contributed by atoms with van der Waals surface area (Å²) in [5, 5.41) is 71.5. The summed E-state index contributed by atoms with van der Waals surface area (Å²) in [4.78, 5) is 43.2. The predicted octanol–water partition coefficient (Wildman–Crippen LogP) is 0.431. The van der Waals surface area contributed by atoms with E-state index in [0.717, 1.165) is 20.3 Å². The zero-order valence-electron chi connectivity index (χ0n) is 28.1. The van der Waals surface area contributed by atoms with Crippen LogP contribution in [0.2, 0.25) is 0 Å². The Morgan fingerprint density at radius 1 is 0.980 bits per heavy atom. The van der Waals surface area contributed by atoms with Crippen molar-refractivity contribution in [3.63, 3.8) is 0 Å². The zero-order chi connectivity index (χ0) is 36.8. The number of allylic oxidation sites excluding steroid dienone is 3. The maximum absolute atomic E-state index is 14.7. The molecule has 50 heavy (non-hydrogen) atoms. The molecule has 2 aromatic rings. The highest BCUT2D eigenvalue weighted by molar-refractivity contribution is 6.27. The summed E-state index contributed by atoms with van der Waals surface area (Å²) < 4.78 is 27.3. The van der Waals surface area contributed by atoms with Crippen molar-refractivity contribution >= 4 is 22.9 Å². The van der Waals surface area contributed by atoms with Gasteiger partial charge in [-0.3, -0.25) is 14.4 Å². The molecule has 0 aromatic heterocycles. The number of aliphatic hydroxyl groups is 4. The fourth-order valence-electron chi connectivity index (χ4n) is 8.05. The van der Waals surface area contributed by atoms with Crippen LogP contribution >= 0.6 is 0 Å². The molecule has 15 heteroatoms. The van der Waals surface area contributed by atoms with Crippen LogP contribution in [0.5, 0.6) is 11.5 Å². The first-order chi connectivity index (χ1) is 23.6. The third-order valence-electron chi connectivity index (χ3n) is 10.4. The number of ketones is 3. The molecule has 1 heterocycles. The van der Waals surface area contributed by atoms with Crippen LogP contribution < -0.4 is 5.32 Å². The number of carbonyl (C=O) groups is 3. The number of hydrogen-bond acceptors (Lipinski definition) is 15. The number of phenols is 2. The first kappa shape index (κ1) is 35.8. The van der Waals surface area contributed by atoms with E-state index in [-0.39, 0.29) is 39.9 Å². The summed E-state index contributed by atoms with van der Waals surface area (Å²) >= 11 is 0. The average Bonchev–Trinajstić information content (AvgIpc) is 3.05. The van der Waals surface area contributed by atoms with Crippen LogP contribution in [-0.2, 0) is 35.7 Å². The molecule has 4 aliphatic rings. The summed E-state index contributed by atoms with van der Waals surface area (Å²) in [5.41, 5.74) is -8.03. The number of Topliss-reactive ketones (excluding diaryl/α,β-unsaturated/α-hetero) is 3. The third kappa shape index (κ3) is 4.52. The number of nitrogens with one attached hydrogen (secondary N) is 1. The second-order valence-corrected chi connectivity index (χ2v) is 12.9. The fourth-order valence-corrected chi connectivity index (χ4v) is 8.05. The van der Waals surface area contributed by atoms with Crippen LogP contribution in [0.3, 0.4) is 0 Å². The molecule has 0 saturated carbocycles. The van der Waals surface area contributed by atoms with Gasteiger partial charge in [0.2, 0.25) is 17.3 Å². The van der Waals surface area contributed by atoms with Gasteiger partial charge in [0.05, 0.1) is 29.0 Å². The molecule has 3 aliphatic carbocycles. The SMILES string of the molecule is C=C1C=C(N[C@H]2O[C@@H](C)[C@H](OC)[C@@H](O)[C@H]2OC)C(=O)c2cc3c(c(O)c21)C(=O)[C@]1(OC)[C@H](O)Cc2cc(C)c(C(O)OC)c(O)c2[C@]1(O)C3=O. The first-order valence-corrected chi connectivity index (χ1v) is 15.7. The van der Waals surface area contributed by atoms with Crippen LogP contribution in [0.1, 0.15) is 72.1 Å². The van der Waals surface area contributed by atoms with E-state index in [1.165, 1.54) is 33.3 Å². The maximum atomic E-state index is 14.7. The summed E-state index contributed by atoms with van der Waals surface area (Å²) in [6.45, 7) is 7.14. The van der Waals surface area contributed by atoms with Crippen molar-refractivity contribution in [3.8, 4) is 11.5 Å². The Bertz CT molecular complexity index is 1870. The molecule has 7 N–H and O–H groups in total. The highest BCUT2D eigenvalue weighted by Gasteiger charge is 2.72. The van der Waals surface area contributed by atoms with Gasteiger partial charge in [-0.15, -0.1) is 0 Å². The molecular formula is C35H39NO14. The molecule has 0 spiro atoms. The molecule has 15 nitrogen and oxygen atoms in total. The summed E-state index contributed by atoms with van der Waals surface area (Å²) in [7, 11) is 4.90. The Morgan fingerprint density at radius 2 is 1.64 bits per heavy atom. The molecule has 1 aliphatic heterocycles. The van der Waals surface area contributed by atoms with Crippen molar-refractivity contribution in [1.82, 2.24) is 5.32 Å². The Hall–Kier alpha value is -4.03. The molecule has 6 rings (SSSR count). The van der Waals surface area contributed by atoms with E-state index >= 15 is 0 Å². The minimum Gasteiger partial charge on any atom is -0.507 e. The molecule has 2 aromatic carbocycles. The predicted molar refractivity (Wildman–Crippen MR) is 171 cm³/mol. The number of aliphatic hydroxyl groups excluding tert-OH is 3. The second-order valence-electron chi connectivity index (χ2n) is 12.9. The highest BCUT2D eigenvalue weighted by atomic mass is 16.6. The van der Waals surface area contributed by atoms with E-state index in [2.05, 4.69) is 11.9 Å². The van der Waals surface area contributed by atoms with Crippen molar-refractivity contribution in [1.29, 1.82) is 0 Å². The number of carbonyl (C=O) groups excluding carboxylic acids is 3. The molecule has 0 amide bonds. The lowest BCUT2D eigenvalue weighted by Crippen LogP contribution is -2.73. The van der Waals surface area contributed by atoms with Gasteiger partial charge in [-0.2, -0.15) is 0 Å². The van der Waals surface area contributed by atoms with Gasteiger partial charge in [0.1, 0.15) is 29.8 Å². The van der Waals surface area contributed by atoms with Crippen LogP contribution in [-0.4, -0.2) is 119 Å². The van der Waals surface area contributed by atoms with Gasteiger partial charge >= 0.3 is 0 Å². The van der Waals surface area contributed by atoms with Gasteiger partial charge in [-0.05, 0) is 42.7 Å². The topological polar surface area (TPSA) is 231 Å². The summed E-state index contributed by atoms with van der Waals surface area (Å²) in [5.74, 6) is -4.86. The van der Waals surface area contributed by atoms with E-state index in [4.69, 9.17) is 23.7 Å². The third-order valence-corrected chi connectivity index (χ3v) is 10.4. The molecule has 0 radical (unpaired) electrons. The van der Waals surface area contributed by atoms with Crippen LogP contribution in [0.15, 0.2) is 30.5 Å². The number of rotatable bonds is 7. The lowest BCUT2D eigenvalue weighted by molar-refractivity contribution is -0.236. The number of hydrogen-bond donors (Lipinski definition) is 7. The van der Waals surface area contributed by atoms with E-state index in [9.17, 15) is 45.0 Å². The van der Waals surface area contributed by atoms with Crippen molar-refractivity contribution in [2.75, 3.05) is 28.4 Å². The molecule has 1 fully saturated rings. The lowest BCUT2D eigenvalue weighted by Gasteiger charge is -2.53. The van der Waals surface area contributed by atoms with Gasteiger partial charge in [0.25, 0.3) is 0 Å². The van der Waals surface area contributed by atoms with Crippen molar-refractivity contribution in [3.05, 3.63) is 75.0 Å². The highest BCUT2D eigenvalue weighted by Crippen LogP contribution is 2.57. The number of ether oxygens (including phenoxy) is 5. The fraction of sp³-hybridized carbons (Fsp3) is 0.457. The maximum Gasteiger partial charge on any atom is 0.209 e. The van der Waals surface area contributed by atoms with Crippen molar-refractivity contribution in [2.24, 2.45) is 0 Å². The van der Waals surface area contributed by atoms with Crippen LogP contribution in [0.25, 0.3) is 5.57 Å². The first-order valence-electron chi connectivity index (χ1n) is 15.7. The smallest absolute Gasteiger partial charge is 0.209 e. The van der Waals surface area contributed by atoms with E-state index in [1.807, 2.05) is 0 Å². The Balaban J connectivity index is 1.51. The van der Waals surface area contributed by atoms with Gasteiger partial charge in [-0.1, -0.05) is 12.6 Å². The van der Waals surface area contributed by atoms with Gasteiger partial charge < -0.3 is 59.6 Å². The quantitative estimate of drug-likeness (QED) is 0.195. The number of fused-ring (bicyclic) bond motifs is 5. The second kappa shape index (κ2) is 12.3. The minimum atomic E-state index is -3.13. The average molecular weight is 698 g/mol. The lowest BCUT2D eigenvalue weighted by atomic mass is 9.56. The molecule has 1 unspecified atom stereocenters. The van der Waals surface area contributed by atoms with E-state index < -0.39 is 99.8 Å². The Kier molecular flexibility index (Phi) is 8.82. The number of methoxy groups -OCH3 is 4. The molecule has 268 valence electrons. The van der Waals surface area contributed by atoms with E-state index in [0.29, 0.717) is 5.56 Å². The number of phenolic OH excluding ortho intramolecular Hbond substituents is 2. The molecule has 1 saturated heterocycles. The van der Waals surface area contributed by atoms with Crippen LogP contribution in [0.4, 0.5) is 0 Å². The minimum absolute atomic E-state index is 0.0453. The Morgan fingerprint density at radius 3 is 2.24 bits per heavy atom. The largest absolute Gasteiger partial charge is 0.507 e. The monoisotopic (exact) mass is 697 g/mol.